The number of halogens is 3. The summed E-state index contributed by atoms with van der Waals surface area (Å²) < 4.78 is 15.3. The van der Waals surface area contributed by atoms with Crippen molar-refractivity contribution in [3.63, 3.8) is 0 Å². The number of aromatic nitrogens is 2. The van der Waals surface area contributed by atoms with E-state index in [1.165, 1.54) is 6.07 Å². The molecule has 4 nitrogen and oxygen atoms in total. The molecule has 2 N–H and O–H groups in total. The van der Waals surface area contributed by atoms with Crippen LogP contribution in [0.25, 0.3) is 0 Å². The van der Waals surface area contributed by atoms with E-state index in [0.717, 1.165) is 0 Å². The van der Waals surface area contributed by atoms with Crippen LogP contribution >= 0.6 is 35.4 Å². The highest BCUT2D eigenvalue weighted by atomic mass is 35.5. The fourth-order valence-electron chi connectivity index (χ4n) is 2.20. The summed E-state index contributed by atoms with van der Waals surface area (Å²) in [6.07, 6.45) is 3.34. The minimum atomic E-state index is -0.264. The standard InChI is InChI=1S/C17H13Cl2FN4S/c18-13-5-3-7-15(16(13)19)23-17(25)22-12-8-21-24(10-12)9-11-4-1-2-6-14(11)20/h1-8,10H,9H2,(H2,22,23,25). The van der Waals surface area contributed by atoms with Crippen molar-refractivity contribution in [2.24, 2.45) is 0 Å². The number of hydrogen-bond acceptors (Lipinski definition) is 2. The Morgan fingerprint density at radius 2 is 1.92 bits per heavy atom. The molecular weight excluding hydrogens is 382 g/mol. The predicted molar refractivity (Wildman–Crippen MR) is 104 cm³/mol. The Bertz CT molecular complexity index is 913. The number of thiocarbonyl (C=S) groups is 1. The third kappa shape index (κ3) is 4.48. The lowest BCUT2D eigenvalue weighted by molar-refractivity contribution is 0.585. The lowest BCUT2D eigenvalue weighted by atomic mass is 10.2. The summed E-state index contributed by atoms with van der Waals surface area (Å²) in [4.78, 5) is 0. The van der Waals surface area contributed by atoms with E-state index in [4.69, 9.17) is 35.4 Å². The van der Waals surface area contributed by atoms with Crippen LogP contribution in [0.1, 0.15) is 5.56 Å². The molecule has 0 saturated carbocycles. The minimum absolute atomic E-state index is 0.264. The number of nitrogens with zero attached hydrogens (tertiary/aromatic N) is 2. The van der Waals surface area contributed by atoms with Crippen LogP contribution in [0.5, 0.6) is 0 Å². The van der Waals surface area contributed by atoms with Crippen molar-refractivity contribution in [3.8, 4) is 0 Å². The van der Waals surface area contributed by atoms with Crippen molar-refractivity contribution in [3.05, 3.63) is 76.3 Å². The van der Waals surface area contributed by atoms with E-state index >= 15 is 0 Å². The van der Waals surface area contributed by atoms with Crippen LogP contribution in [0.3, 0.4) is 0 Å². The van der Waals surface area contributed by atoms with Gasteiger partial charge in [0.25, 0.3) is 0 Å². The van der Waals surface area contributed by atoms with Crippen LogP contribution in [0, 0.1) is 5.82 Å². The molecule has 25 heavy (non-hydrogen) atoms. The first kappa shape index (κ1) is 17.7. The molecule has 1 heterocycles. The molecule has 128 valence electrons. The molecule has 1 aromatic heterocycles. The number of nitrogens with one attached hydrogen (secondary N) is 2. The first-order valence-electron chi connectivity index (χ1n) is 7.31. The summed E-state index contributed by atoms with van der Waals surface area (Å²) >= 11 is 17.3. The van der Waals surface area contributed by atoms with Crippen LogP contribution in [0.15, 0.2) is 54.9 Å². The molecule has 0 aliphatic rings. The van der Waals surface area contributed by atoms with Crippen molar-refractivity contribution in [2.45, 2.75) is 6.54 Å². The van der Waals surface area contributed by atoms with Gasteiger partial charge in [0, 0.05) is 11.8 Å². The highest BCUT2D eigenvalue weighted by Crippen LogP contribution is 2.29. The average molecular weight is 395 g/mol. The third-order valence-corrected chi connectivity index (χ3v) is 4.40. The second kappa shape index (κ2) is 7.82. The van der Waals surface area contributed by atoms with Crippen LogP contribution < -0.4 is 10.6 Å². The Balaban J connectivity index is 1.64. The molecule has 0 amide bonds. The molecule has 0 aliphatic heterocycles. The molecule has 0 bridgehead atoms. The molecule has 3 rings (SSSR count). The fourth-order valence-corrected chi connectivity index (χ4v) is 2.78. The molecule has 0 unspecified atom stereocenters. The van der Waals surface area contributed by atoms with E-state index in [2.05, 4.69) is 15.7 Å². The maximum atomic E-state index is 13.7. The summed E-state index contributed by atoms with van der Waals surface area (Å²) in [7, 11) is 0. The van der Waals surface area contributed by atoms with Gasteiger partial charge in [-0.25, -0.2) is 4.39 Å². The van der Waals surface area contributed by atoms with Crippen LogP contribution in [-0.4, -0.2) is 14.9 Å². The largest absolute Gasteiger partial charge is 0.331 e. The zero-order valence-corrected chi connectivity index (χ0v) is 15.2. The molecular formula is C17H13Cl2FN4S. The molecule has 0 atom stereocenters. The Hall–Kier alpha value is -2.15. The third-order valence-electron chi connectivity index (χ3n) is 3.38. The van der Waals surface area contributed by atoms with E-state index in [-0.39, 0.29) is 5.82 Å². The van der Waals surface area contributed by atoms with E-state index in [1.54, 1.807) is 53.5 Å². The van der Waals surface area contributed by atoms with E-state index in [1.807, 2.05) is 0 Å². The zero-order valence-electron chi connectivity index (χ0n) is 12.8. The van der Waals surface area contributed by atoms with Crippen molar-refractivity contribution in [2.75, 3.05) is 10.6 Å². The lowest BCUT2D eigenvalue weighted by Gasteiger charge is -2.11. The number of benzene rings is 2. The van der Waals surface area contributed by atoms with Gasteiger partial charge in [-0.15, -0.1) is 0 Å². The van der Waals surface area contributed by atoms with Crippen LogP contribution in [0.2, 0.25) is 10.0 Å². The maximum Gasteiger partial charge on any atom is 0.175 e. The van der Waals surface area contributed by atoms with E-state index < -0.39 is 0 Å². The summed E-state index contributed by atoms with van der Waals surface area (Å²) in [5.41, 5.74) is 1.83. The van der Waals surface area contributed by atoms with Gasteiger partial charge >= 0.3 is 0 Å². The highest BCUT2D eigenvalue weighted by Gasteiger charge is 2.08. The summed E-state index contributed by atoms with van der Waals surface area (Å²) in [5.74, 6) is -0.264. The Kier molecular flexibility index (Phi) is 5.53. The van der Waals surface area contributed by atoms with Gasteiger partial charge < -0.3 is 10.6 Å². The second-order valence-electron chi connectivity index (χ2n) is 5.20. The SMILES string of the molecule is Fc1ccccc1Cn1cc(NC(=S)Nc2cccc(Cl)c2Cl)cn1. The fraction of sp³-hybridized carbons (Fsp3) is 0.0588. The molecule has 2 aromatic carbocycles. The van der Waals surface area contributed by atoms with Crippen LogP contribution in [0.4, 0.5) is 15.8 Å². The van der Waals surface area contributed by atoms with Gasteiger partial charge in [-0.1, -0.05) is 47.5 Å². The monoisotopic (exact) mass is 394 g/mol. The van der Waals surface area contributed by atoms with Crippen LogP contribution in [-0.2, 0) is 6.54 Å². The second-order valence-corrected chi connectivity index (χ2v) is 6.39. The predicted octanol–water partition coefficient (Wildman–Crippen LogP) is 5.19. The van der Waals surface area contributed by atoms with Gasteiger partial charge in [-0.2, -0.15) is 5.10 Å². The maximum absolute atomic E-state index is 13.7. The number of rotatable bonds is 4. The molecule has 3 aromatic rings. The summed E-state index contributed by atoms with van der Waals surface area (Å²) in [6.45, 7) is 0.328. The van der Waals surface area contributed by atoms with Crippen molar-refractivity contribution < 1.29 is 4.39 Å². The van der Waals surface area contributed by atoms with Gasteiger partial charge in [-0.05, 0) is 30.4 Å². The van der Waals surface area contributed by atoms with Gasteiger partial charge in [0.15, 0.2) is 5.11 Å². The smallest absolute Gasteiger partial charge is 0.175 e. The van der Waals surface area contributed by atoms with E-state index in [9.17, 15) is 4.39 Å². The van der Waals surface area contributed by atoms with E-state index in [0.29, 0.717) is 38.6 Å². The van der Waals surface area contributed by atoms with Gasteiger partial charge in [0.1, 0.15) is 5.82 Å². The van der Waals surface area contributed by atoms with Crippen molar-refractivity contribution in [1.82, 2.24) is 9.78 Å². The number of anilines is 2. The first-order chi connectivity index (χ1) is 12.0. The molecule has 0 saturated heterocycles. The quantitative estimate of drug-likeness (QED) is 0.597. The van der Waals surface area contributed by atoms with Gasteiger partial charge in [-0.3, -0.25) is 4.68 Å². The Morgan fingerprint density at radius 1 is 1.12 bits per heavy atom. The topological polar surface area (TPSA) is 41.9 Å². The molecule has 8 heteroatoms. The number of hydrogen-bond donors (Lipinski definition) is 2. The Labute approximate surface area is 159 Å². The van der Waals surface area contributed by atoms with Gasteiger partial charge in [0.05, 0.1) is 34.2 Å². The van der Waals surface area contributed by atoms with Crippen molar-refractivity contribution >= 4 is 51.9 Å². The zero-order chi connectivity index (χ0) is 17.8. The summed E-state index contributed by atoms with van der Waals surface area (Å²) in [5, 5.41) is 11.3. The minimum Gasteiger partial charge on any atom is -0.331 e. The molecule has 0 radical (unpaired) electrons. The molecule has 0 fully saturated rings. The first-order valence-corrected chi connectivity index (χ1v) is 8.47. The lowest BCUT2D eigenvalue weighted by Crippen LogP contribution is -2.19. The normalized spacial score (nSPS) is 10.5. The average Bonchev–Trinajstić information content (AvgIpc) is 3.01. The molecule has 0 spiro atoms. The van der Waals surface area contributed by atoms with Gasteiger partial charge in [0.2, 0.25) is 0 Å². The van der Waals surface area contributed by atoms with Crippen molar-refractivity contribution in [1.29, 1.82) is 0 Å². The Morgan fingerprint density at radius 3 is 2.72 bits per heavy atom. The summed E-state index contributed by atoms with van der Waals surface area (Å²) in [6, 6.07) is 11.8. The highest BCUT2D eigenvalue weighted by molar-refractivity contribution is 7.80. The molecule has 0 aliphatic carbocycles.